The second kappa shape index (κ2) is 8.31. The second-order valence-electron chi connectivity index (χ2n) is 3.87. The van der Waals surface area contributed by atoms with Crippen LogP contribution >= 0.6 is 0 Å². The zero-order valence-corrected chi connectivity index (χ0v) is 10.5. The molecule has 2 heteroatoms. The maximum Gasteiger partial charge on any atom is 0.0593 e. The Morgan fingerprint density at radius 1 is 1.00 bits per heavy atom. The highest BCUT2D eigenvalue weighted by Crippen LogP contribution is 1.99. The Labute approximate surface area is 99.2 Å². The number of rotatable bonds is 8. The Morgan fingerprint density at radius 2 is 1.69 bits per heavy atom. The molecule has 1 aromatic carbocycles. The van der Waals surface area contributed by atoms with Gasteiger partial charge in [0.15, 0.2) is 0 Å². The molecule has 0 fully saturated rings. The second-order valence-corrected chi connectivity index (χ2v) is 3.87. The van der Waals surface area contributed by atoms with Crippen molar-refractivity contribution >= 4 is 0 Å². The largest absolute Gasteiger partial charge is 0.380 e. The Bertz CT molecular complexity index is 257. The Hall–Kier alpha value is -0.860. The molecule has 0 N–H and O–H groups in total. The van der Waals surface area contributed by atoms with Gasteiger partial charge in [0.1, 0.15) is 0 Å². The first-order valence-corrected chi connectivity index (χ1v) is 6.20. The highest BCUT2D eigenvalue weighted by atomic mass is 16.5. The first-order chi connectivity index (χ1) is 7.86. The molecular formula is C14H23NO. The van der Waals surface area contributed by atoms with E-state index in [1.165, 1.54) is 5.56 Å². The van der Waals surface area contributed by atoms with Gasteiger partial charge in [-0.3, -0.25) is 0 Å². The van der Waals surface area contributed by atoms with Crippen LogP contribution in [0.25, 0.3) is 0 Å². The van der Waals surface area contributed by atoms with Gasteiger partial charge in [-0.15, -0.1) is 0 Å². The van der Waals surface area contributed by atoms with Crippen molar-refractivity contribution in [3.05, 3.63) is 35.9 Å². The smallest absolute Gasteiger partial charge is 0.0593 e. The number of hydrogen-bond donors (Lipinski definition) is 0. The van der Waals surface area contributed by atoms with E-state index in [9.17, 15) is 0 Å². The summed E-state index contributed by atoms with van der Waals surface area (Å²) in [6, 6.07) is 10.5. The van der Waals surface area contributed by atoms with Gasteiger partial charge < -0.3 is 9.64 Å². The first-order valence-electron chi connectivity index (χ1n) is 6.20. The number of ether oxygens (including phenoxy) is 1. The molecule has 0 saturated heterocycles. The van der Waals surface area contributed by atoms with Crippen LogP contribution in [-0.2, 0) is 11.2 Å². The SMILES string of the molecule is CCN(CC)CCOCCc1ccccc1. The Balaban J connectivity index is 2.04. The molecule has 16 heavy (non-hydrogen) atoms. The number of likely N-dealkylation sites (N-methyl/N-ethyl adjacent to an activating group) is 1. The summed E-state index contributed by atoms with van der Waals surface area (Å²) in [6.07, 6.45) is 1.01. The summed E-state index contributed by atoms with van der Waals surface area (Å²) in [6.45, 7) is 9.31. The molecule has 0 saturated carbocycles. The normalized spacial score (nSPS) is 10.9. The topological polar surface area (TPSA) is 12.5 Å². The van der Waals surface area contributed by atoms with Crippen molar-refractivity contribution in [3.63, 3.8) is 0 Å². The molecule has 0 aromatic heterocycles. The average Bonchev–Trinajstić information content (AvgIpc) is 2.35. The maximum atomic E-state index is 5.63. The Morgan fingerprint density at radius 3 is 2.31 bits per heavy atom. The van der Waals surface area contributed by atoms with Gasteiger partial charge in [-0.05, 0) is 25.1 Å². The van der Waals surface area contributed by atoms with Crippen LogP contribution in [0.1, 0.15) is 19.4 Å². The van der Waals surface area contributed by atoms with E-state index in [0.29, 0.717) is 0 Å². The lowest BCUT2D eigenvalue weighted by molar-refractivity contribution is 0.109. The molecule has 2 nitrogen and oxygen atoms in total. The van der Waals surface area contributed by atoms with Crippen LogP contribution in [-0.4, -0.2) is 37.7 Å². The monoisotopic (exact) mass is 221 g/mol. The number of hydrogen-bond acceptors (Lipinski definition) is 2. The Kier molecular flexibility index (Phi) is 6.86. The van der Waals surface area contributed by atoms with Gasteiger partial charge in [-0.1, -0.05) is 44.2 Å². The van der Waals surface area contributed by atoms with E-state index in [-0.39, 0.29) is 0 Å². The van der Waals surface area contributed by atoms with E-state index in [1.54, 1.807) is 0 Å². The standard InChI is InChI=1S/C14H23NO/c1-3-15(4-2)11-13-16-12-10-14-8-6-5-7-9-14/h5-9H,3-4,10-13H2,1-2H3. The van der Waals surface area contributed by atoms with Crippen LogP contribution in [0.5, 0.6) is 0 Å². The predicted octanol–water partition coefficient (Wildman–Crippen LogP) is 2.59. The fourth-order valence-electron chi connectivity index (χ4n) is 1.67. The van der Waals surface area contributed by atoms with Crippen molar-refractivity contribution in [2.24, 2.45) is 0 Å². The molecule has 0 aliphatic carbocycles. The fraction of sp³-hybridized carbons (Fsp3) is 0.571. The summed E-state index contributed by atoms with van der Waals surface area (Å²) >= 11 is 0. The molecule has 0 aliphatic rings. The minimum Gasteiger partial charge on any atom is -0.380 e. The predicted molar refractivity (Wildman–Crippen MR) is 68.8 cm³/mol. The van der Waals surface area contributed by atoms with Crippen LogP contribution < -0.4 is 0 Å². The minimum absolute atomic E-state index is 0.825. The van der Waals surface area contributed by atoms with Crippen LogP contribution in [0, 0.1) is 0 Å². The lowest BCUT2D eigenvalue weighted by Crippen LogP contribution is -2.27. The zero-order valence-electron chi connectivity index (χ0n) is 10.5. The molecule has 0 atom stereocenters. The molecule has 0 bridgehead atoms. The van der Waals surface area contributed by atoms with Crippen molar-refractivity contribution in [2.75, 3.05) is 32.8 Å². The first kappa shape index (κ1) is 13.2. The van der Waals surface area contributed by atoms with Gasteiger partial charge in [0.2, 0.25) is 0 Å². The molecule has 1 rings (SSSR count). The summed E-state index contributed by atoms with van der Waals surface area (Å²) in [5.74, 6) is 0. The third kappa shape index (κ3) is 5.29. The van der Waals surface area contributed by atoms with Gasteiger partial charge in [-0.25, -0.2) is 0 Å². The number of benzene rings is 1. The molecule has 1 aromatic rings. The van der Waals surface area contributed by atoms with Crippen molar-refractivity contribution in [3.8, 4) is 0 Å². The fourth-order valence-corrected chi connectivity index (χ4v) is 1.67. The molecule has 90 valence electrons. The molecule has 0 spiro atoms. The summed E-state index contributed by atoms with van der Waals surface area (Å²) in [7, 11) is 0. The van der Waals surface area contributed by atoms with E-state index in [4.69, 9.17) is 4.74 Å². The van der Waals surface area contributed by atoms with Gasteiger partial charge in [-0.2, -0.15) is 0 Å². The lowest BCUT2D eigenvalue weighted by Gasteiger charge is -2.17. The van der Waals surface area contributed by atoms with E-state index in [0.717, 1.165) is 39.3 Å². The molecule has 0 heterocycles. The van der Waals surface area contributed by atoms with E-state index < -0.39 is 0 Å². The summed E-state index contributed by atoms with van der Waals surface area (Å²) in [5.41, 5.74) is 1.35. The molecule has 0 amide bonds. The highest BCUT2D eigenvalue weighted by Gasteiger charge is 1.98. The molecule has 0 radical (unpaired) electrons. The van der Waals surface area contributed by atoms with Crippen LogP contribution in [0.15, 0.2) is 30.3 Å². The van der Waals surface area contributed by atoms with Crippen molar-refractivity contribution in [2.45, 2.75) is 20.3 Å². The van der Waals surface area contributed by atoms with Crippen molar-refractivity contribution < 1.29 is 4.74 Å². The highest BCUT2D eigenvalue weighted by molar-refractivity contribution is 5.14. The molecule has 0 aliphatic heterocycles. The van der Waals surface area contributed by atoms with E-state index in [1.807, 2.05) is 6.07 Å². The third-order valence-electron chi connectivity index (χ3n) is 2.82. The summed E-state index contributed by atoms with van der Waals surface area (Å²) in [5, 5.41) is 0. The maximum absolute atomic E-state index is 5.63. The van der Waals surface area contributed by atoms with Crippen LogP contribution in [0.4, 0.5) is 0 Å². The summed E-state index contributed by atoms with van der Waals surface area (Å²) in [4.78, 5) is 2.38. The van der Waals surface area contributed by atoms with Crippen molar-refractivity contribution in [1.29, 1.82) is 0 Å². The van der Waals surface area contributed by atoms with E-state index in [2.05, 4.69) is 43.0 Å². The van der Waals surface area contributed by atoms with Gasteiger partial charge in [0.25, 0.3) is 0 Å². The van der Waals surface area contributed by atoms with Crippen LogP contribution in [0.2, 0.25) is 0 Å². The minimum atomic E-state index is 0.825. The average molecular weight is 221 g/mol. The van der Waals surface area contributed by atoms with Crippen LogP contribution in [0.3, 0.4) is 0 Å². The van der Waals surface area contributed by atoms with Gasteiger partial charge in [0, 0.05) is 6.54 Å². The van der Waals surface area contributed by atoms with E-state index >= 15 is 0 Å². The molecule has 0 unspecified atom stereocenters. The molecular weight excluding hydrogens is 198 g/mol. The summed E-state index contributed by atoms with van der Waals surface area (Å²) < 4.78 is 5.63. The van der Waals surface area contributed by atoms with Gasteiger partial charge in [0.05, 0.1) is 13.2 Å². The third-order valence-corrected chi connectivity index (χ3v) is 2.82. The number of nitrogens with zero attached hydrogens (tertiary/aromatic N) is 1. The zero-order chi connectivity index (χ0) is 11.6. The van der Waals surface area contributed by atoms with Crippen molar-refractivity contribution in [1.82, 2.24) is 4.90 Å². The lowest BCUT2D eigenvalue weighted by atomic mass is 10.2. The quantitative estimate of drug-likeness (QED) is 0.626. The van der Waals surface area contributed by atoms with Gasteiger partial charge >= 0.3 is 0 Å².